The van der Waals surface area contributed by atoms with Crippen LogP contribution < -0.4 is 0 Å². The number of aliphatic hydroxyl groups excluding tert-OH is 1. The molecular formula is C17H24O2. The number of aliphatic hydroxyl groups is 2. The van der Waals surface area contributed by atoms with Crippen LogP contribution in [0.5, 0.6) is 0 Å². The Hall–Kier alpha value is -0.860. The van der Waals surface area contributed by atoms with Crippen molar-refractivity contribution in [3.63, 3.8) is 0 Å². The van der Waals surface area contributed by atoms with Gasteiger partial charge in [-0.1, -0.05) is 49.6 Å². The van der Waals surface area contributed by atoms with Crippen molar-refractivity contribution in [3.8, 4) is 0 Å². The highest BCUT2D eigenvalue weighted by Gasteiger charge is 2.69. The Balaban J connectivity index is 1.63. The first-order valence-corrected chi connectivity index (χ1v) is 7.61. The molecule has 19 heavy (non-hydrogen) atoms. The molecule has 2 N–H and O–H groups in total. The summed E-state index contributed by atoms with van der Waals surface area (Å²) in [6.07, 6.45) is 7.50. The van der Waals surface area contributed by atoms with E-state index < -0.39 is 5.60 Å². The van der Waals surface area contributed by atoms with E-state index in [-0.39, 0.29) is 11.5 Å². The summed E-state index contributed by atoms with van der Waals surface area (Å²) < 4.78 is 0. The molecule has 0 bridgehead atoms. The van der Waals surface area contributed by atoms with Crippen LogP contribution in [0.15, 0.2) is 30.3 Å². The summed E-state index contributed by atoms with van der Waals surface area (Å²) >= 11 is 0. The van der Waals surface area contributed by atoms with Gasteiger partial charge in [-0.05, 0) is 37.7 Å². The molecule has 0 aromatic heterocycles. The number of rotatable bonds is 4. The van der Waals surface area contributed by atoms with Gasteiger partial charge in [0.1, 0.15) is 0 Å². The number of benzene rings is 1. The summed E-state index contributed by atoms with van der Waals surface area (Å²) in [5.74, 6) is 0. The van der Waals surface area contributed by atoms with Crippen molar-refractivity contribution >= 4 is 0 Å². The first-order valence-electron chi connectivity index (χ1n) is 7.61. The average molecular weight is 260 g/mol. The third-order valence-corrected chi connectivity index (χ3v) is 5.31. The first-order chi connectivity index (χ1) is 9.16. The van der Waals surface area contributed by atoms with Gasteiger partial charge in [0.2, 0.25) is 0 Å². The fraction of sp³-hybridized carbons (Fsp3) is 0.647. The molecule has 1 aromatic rings. The lowest BCUT2D eigenvalue weighted by Crippen LogP contribution is -2.31. The molecule has 0 heterocycles. The van der Waals surface area contributed by atoms with Crippen molar-refractivity contribution in [1.82, 2.24) is 0 Å². The zero-order valence-corrected chi connectivity index (χ0v) is 11.5. The average Bonchev–Trinajstić information content (AvgIpc) is 3.05. The Morgan fingerprint density at radius 3 is 2.58 bits per heavy atom. The third kappa shape index (κ3) is 2.32. The monoisotopic (exact) mass is 260 g/mol. The van der Waals surface area contributed by atoms with E-state index in [1.807, 2.05) is 18.2 Å². The number of fused-ring (bicyclic) bond motifs is 1. The highest BCUT2D eigenvalue weighted by Crippen LogP contribution is 2.65. The minimum absolute atomic E-state index is 0.182. The quantitative estimate of drug-likeness (QED) is 0.873. The minimum atomic E-state index is -0.556. The van der Waals surface area contributed by atoms with Crippen molar-refractivity contribution < 1.29 is 10.2 Å². The van der Waals surface area contributed by atoms with Gasteiger partial charge in [-0.15, -0.1) is 0 Å². The van der Waals surface area contributed by atoms with Crippen molar-refractivity contribution in [2.45, 2.75) is 63.1 Å². The molecule has 3 rings (SSSR count). The lowest BCUT2D eigenvalue weighted by atomic mass is 9.86. The predicted octanol–water partition coefficient (Wildman–Crippen LogP) is 3.07. The molecular weight excluding hydrogens is 236 g/mol. The van der Waals surface area contributed by atoms with E-state index >= 15 is 0 Å². The van der Waals surface area contributed by atoms with Crippen LogP contribution >= 0.6 is 0 Å². The Morgan fingerprint density at radius 1 is 1.05 bits per heavy atom. The Morgan fingerprint density at radius 2 is 1.79 bits per heavy atom. The lowest BCUT2D eigenvalue weighted by Gasteiger charge is -2.25. The van der Waals surface area contributed by atoms with Crippen molar-refractivity contribution in [3.05, 3.63) is 35.9 Å². The van der Waals surface area contributed by atoms with Crippen LogP contribution in [0.4, 0.5) is 0 Å². The van der Waals surface area contributed by atoms with E-state index in [9.17, 15) is 10.2 Å². The van der Waals surface area contributed by atoms with E-state index in [1.165, 1.54) is 12.0 Å². The Kier molecular flexibility index (Phi) is 3.40. The fourth-order valence-electron chi connectivity index (χ4n) is 3.99. The molecule has 0 aliphatic heterocycles. The summed E-state index contributed by atoms with van der Waals surface area (Å²) in [5, 5.41) is 21.2. The van der Waals surface area contributed by atoms with Crippen molar-refractivity contribution in [2.75, 3.05) is 0 Å². The minimum Gasteiger partial charge on any atom is -0.392 e. The molecule has 0 unspecified atom stereocenters. The topological polar surface area (TPSA) is 40.5 Å². The first kappa shape index (κ1) is 13.1. The lowest BCUT2D eigenvalue weighted by molar-refractivity contribution is 0.00488. The smallest absolute Gasteiger partial charge is 0.0736 e. The molecule has 2 saturated carbocycles. The van der Waals surface area contributed by atoms with Gasteiger partial charge in [0.25, 0.3) is 0 Å². The van der Waals surface area contributed by atoms with Gasteiger partial charge in [0, 0.05) is 5.41 Å². The molecule has 3 atom stereocenters. The summed E-state index contributed by atoms with van der Waals surface area (Å²) in [6.45, 7) is 0. The molecule has 0 spiro atoms. The van der Waals surface area contributed by atoms with Gasteiger partial charge in [-0.25, -0.2) is 0 Å². The van der Waals surface area contributed by atoms with Crippen LogP contribution in [0, 0.1) is 5.41 Å². The summed E-state index contributed by atoms with van der Waals surface area (Å²) in [6, 6.07) is 10.3. The second-order valence-corrected chi connectivity index (χ2v) is 6.47. The molecule has 2 aliphatic carbocycles. The molecule has 2 heteroatoms. The second kappa shape index (κ2) is 4.92. The standard InChI is InChI=1S/C17H24O2/c18-15(10-9-14-7-3-1-4-8-14)16-11-5-2-6-12-17(16,19)13-16/h1,3-4,7-8,15,18-19H,2,5-6,9-13H2/t15-,16-,17-/m0/s1. The summed E-state index contributed by atoms with van der Waals surface area (Å²) in [5.41, 5.74) is 0.536. The number of hydrogen-bond acceptors (Lipinski definition) is 2. The molecule has 2 fully saturated rings. The van der Waals surface area contributed by atoms with Gasteiger partial charge >= 0.3 is 0 Å². The summed E-state index contributed by atoms with van der Waals surface area (Å²) in [7, 11) is 0. The zero-order chi connectivity index (χ0) is 13.3. The molecule has 0 saturated heterocycles. The van der Waals surface area contributed by atoms with Gasteiger partial charge in [-0.3, -0.25) is 0 Å². The van der Waals surface area contributed by atoms with Crippen LogP contribution in [0.2, 0.25) is 0 Å². The largest absolute Gasteiger partial charge is 0.392 e. The molecule has 1 aromatic carbocycles. The van der Waals surface area contributed by atoms with Crippen molar-refractivity contribution in [1.29, 1.82) is 0 Å². The van der Waals surface area contributed by atoms with Crippen LogP contribution in [-0.2, 0) is 6.42 Å². The summed E-state index contributed by atoms with van der Waals surface area (Å²) in [4.78, 5) is 0. The second-order valence-electron chi connectivity index (χ2n) is 6.47. The Labute approximate surface area is 115 Å². The third-order valence-electron chi connectivity index (χ3n) is 5.31. The van der Waals surface area contributed by atoms with Crippen LogP contribution in [0.3, 0.4) is 0 Å². The highest BCUT2D eigenvalue weighted by atomic mass is 16.3. The van der Waals surface area contributed by atoms with E-state index in [4.69, 9.17) is 0 Å². The van der Waals surface area contributed by atoms with Gasteiger partial charge < -0.3 is 10.2 Å². The maximum absolute atomic E-state index is 10.6. The maximum Gasteiger partial charge on any atom is 0.0736 e. The number of hydrogen-bond donors (Lipinski definition) is 2. The van der Waals surface area contributed by atoms with E-state index in [1.54, 1.807) is 0 Å². The molecule has 0 radical (unpaired) electrons. The van der Waals surface area contributed by atoms with Crippen molar-refractivity contribution in [2.24, 2.45) is 5.41 Å². The molecule has 104 valence electrons. The molecule has 2 nitrogen and oxygen atoms in total. The highest BCUT2D eigenvalue weighted by molar-refractivity contribution is 5.21. The van der Waals surface area contributed by atoms with Gasteiger partial charge in [0.15, 0.2) is 0 Å². The normalized spacial score (nSPS) is 35.3. The van der Waals surface area contributed by atoms with E-state index in [2.05, 4.69) is 12.1 Å². The predicted molar refractivity (Wildman–Crippen MR) is 75.9 cm³/mol. The van der Waals surface area contributed by atoms with Crippen LogP contribution in [-0.4, -0.2) is 21.9 Å². The maximum atomic E-state index is 10.6. The zero-order valence-electron chi connectivity index (χ0n) is 11.5. The molecule has 2 aliphatic rings. The fourth-order valence-corrected chi connectivity index (χ4v) is 3.99. The van der Waals surface area contributed by atoms with Crippen LogP contribution in [0.25, 0.3) is 0 Å². The van der Waals surface area contributed by atoms with Gasteiger partial charge in [-0.2, -0.15) is 0 Å². The molecule has 0 amide bonds. The Bertz CT molecular complexity index is 430. The SMILES string of the molecule is O[C@@H](CCc1ccccc1)[C@@]12CCCCC[C@]1(O)C2. The van der Waals surface area contributed by atoms with E-state index in [0.717, 1.165) is 44.9 Å². The van der Waals surface area contributed by atoms with Crippen LogP contribution in [0.1, 0.15) is 50.5 Å². The van der Waals surface area contributed by atoms with E-state index in [0.29, 0.717) is 0 Å². The number of aryl methyl sites for hydroxylation is 1. The van der Waals surface area contributed by atoms with Gasteiger partial charge in [0.05, 0.1) is 11.7 Å².